The van der Waals surface area contributed by atoms with Gasteiger partial charge < -0.3 is 0 Å². The minimum atomic E-state index is -1.09. The topological polar surface area (TPSA) is 0 Å². The van der Waals surface area contributed by atoms with Crippen LogP contribution in [0.25, 0.3) is 6.08 Å². The van der Waals surface area contributed by atoms with Crippen LogP contribution >= 0.6 is 7.26 Å². The zero-order chi connectivity index (χ0) is 14.1. The van der Waals surface area contributed by atoms with Gasteiger partial charge in [-0.2, -0.15) is 0 Å². The van der Waals surface area contributed by atoms with Crippen LogP contribution in [-0.2, 0) is 6.16 Å². The van der Waals surface area contributed by atoms with Crippen molar-refractivity contribution in [1.29, 1.82) is 0 Å². The molecule has 1 aromatic rings. The molecule has 0 unspecified atom stereocenters. The molecule has 0 heterocycles. The van der Waals surface area contributed by atoms with Gasteiger partial charge in [0.05, 0.1) is 0 Å². The van der Waals surface area contributed by atoms with Gasteiger partial charge in [-0.15, -0.1) is 0 Å². The number of hydrogen-bond acceptors (Lipinski definition) is 0. The summed E-state index contributed by atoms with van der Waals surface area (Å²) in [4.78, 5) is 0. The molecule has 0 N–H and O–H groups in total. The molecule has 108 valence electrons. The molecule has 0 radical (unpaired) electrons. The fourth-order valence-corrected chi connectivity index (χ4v) is 9.00. The van der Waals surface area contributed by atoms with Crippen LogP contribution in [0.2, 0.25) is 0 Å². The molecule has 0 saturated heterocycles. The first-order valence-corrected chi connectivity index (χ1v) is 10.7. The minimum absolute atomic E-state index is 1.09. The van der Waals surface area contributed by atoms with E-state index in [1.54, 1.807) is 5.56 Å². The number of rotatable bonds is 9. The van der Waals surface area contributed by atoms with Crippen LogP contribution in [0.4, 0.5) is 0 Å². The van der Waals surface area contributed by atoms with Crippen LogP contribution in [0.1, 0.15) is 51.2 Å². The van der Waals surface area contributed by atoms with E-state index in [4.69, 9.17) is 0 Å². The first-order chi connectivity index (χ1) is 9.19. The molecule has 0 aromatic heterocycles. The molecule has 0 fully saturated rings. The molecule has 0 amide bonds. The molecule has 0 aliphatic carbocycles. The maximum absolute atomic E-state index is 3.83. The molecule has 0 nitrogen and oxygen atoms in total. The maximum atomic E-state index is 3.83. The standard InChI is InChI=1S/C18H31P/c1-5-13-19(14-6-2,15-7-3)16-18-11-9-17(8-4)10-12-18/h8-12,19H,4-7,13-16H2,1-3H3. The molecule has 0 saturated carbocycles. The van der Waals surface area contributed by atoms with E-state index in [0.29, 0.717) is 0 Å². The van der Waals surface area contributed by atoms with Crippen molar-refractivity contribution in [2.45, 2.75) is 46.2 Å². The van der Waals surface area contributed by atoms with Gasteiger partial charge in [-0.3, -0.25) is 0 Å². The second-order valence-electron chi connectivity index (χ2n) is 5.87. The molecule has 0 aliphatic heterocycles. The monoisotopic (exact) mass is 278 g/mol. The molecule has 1 rings (SSSR count). The Hall–Kier alpha value is -0.610. The fourth-order valence-electron chi connectivity index (χ4n) is 3.44. The number of hydrogen-bond donors (Lipinski definition) is 0. The van der Waals surface area contributed by atoms with Gasteiger partial charge in [0.25, 0.3) is 0 Å². The summed E-state index contributed by atoms with van der Waals surface area (Å²) in [6.45, 7) is 10.9. The third-order valence-electron chi connectivity index (χ3n) is 4.14. The zero-order valence-electron chi connectivity index (χ0n) is 13.0. The van der Waals surface area contributed by atoms with Gasteiger partial charge >= 0.3 is 120 Å². The molecular formula is C18H31P. The van der Waals surface area contributed by atoms with Crippen molar-refractivity contribution in [3.63, 3.8) is 0 Å². The van der Waals surface area contributed by atoms with Crippen molar-refractivity contribution in [3.8, 4) is 0 Å². The first-order valence-electron chi connectivity index (χ1n) is 7.91. The first kappa shape index (κ1) is 16.4. The summed E-state index contributed by atoms with van der Waals surface area (Å²) < 4.78 is 0. The van der Waals surface area contributed by atoms with E-state index in [1.165, 1.54) is 49.5 Å². The van der Waals surface area contributed by atoms with E-state index in [-0.39, 0.29) is 0 Å². The Morgan fingerprint density at radius 2 is 1.37 bits per heavy atom. The Morgan fingerprint density at radius 3 is 1.74 bits per heavy atom. The molecular weight excluding hydrogens is 247 g/mol. The average Bonchev–Trinajstić information content (AvgIpc) is 2.40. The van der Waals surface area contributed by atoms with Crippen molar-refractivity contribution in [2.24, 2.45) is 0 Å². The van der Waals surface area contributed by atoms with E-state index in [1.807, 2.05) is 6.08 Å². The summed E-state index contributed by atoms with van der Waals surface area (Å²) in [6.07, 6.45) is 11.9. The molecule has 19 heavy (non-hydrogen) atoms. The van der Waals surface area contributed by atoms with Gasteiger partial charge in [-0.1, -0.05) is 0 Å². The summed E-state index contributed by atoms with van der Waals surface area (Å²) in [6, 6.07) is 9.07. The second kappa shape index (κ2) is 8.54. The van der Waals surface area contributed by atoms with E-state index < -0.39 is 7.26 Å². The van der Waals surface area contributed by atoms with Crippen molar-refractivity contribution in [1.82, 2.24) is 0 Å². The van der Waals surface area contributed by atoms with Crippen LogP contribution in [0, 0.1) is 0 Å². The van der Waals surface area contributed by atoms with Gasteiger partial charge in [0.2, 0.25) is 0 Å². The van der Waals surface area contributed by atoms with E-state index >= 15 is 0 Å². The fraction of sp³-hybridized carbons (Fsp3) is 0.556. The van der Waals surface area contributed by atoms with Gasteiger partial charge in [0.1, 0.15) is 0 Å². The third-order valence-corrected chi connectivity index (χ3v) is 9.98. The van der Waals surface area contributed by atoms with E-state index in [0.717, 1.165) is 0 Å². The van der Waals surface area contributed by atoms with Crippen molar-refractivity contribution >= 4 is 13.3 Å². The van der Waals surface area contributed by atoms with Crippen LogP contribution in [-0.4, -0.2) is 18.5 Å². The Morgan fingerprint density at radius 1 is 0.895 bits per heavy atom. The van der Waals surface area contributed by atoms with Crippen LogP contribution < -0.4 is 0 Å². The summed E-state index contributed by atoms with van der Waals surface area (Å²) in [7, 11) is -1.09. The van der Waals surface area contributed by atoms with Gasteiger partial charge in [0.15, 0.2) is 0 Å². The predicted molar refractivity (Wildman–Crippen MR) is 94.0 cm³/mol. The molecule has 0 atom stereocenters. The van der Waals surface area contributed by atoms with E-state index in [9.17, 15) is 0 Å². The molecule has 0 spiro atoms. The van der Waals surface area contributed by atoms with Crippen LogP contribution in [0.15, 0.2) is 30.8 Å². The SMILES string of the molecule is C=Cc1ccc(C[PH](CCC)(CCC)CCC)cc1. The predicted octanol–water partition coefficient (Wildman–Crippen LogP) is 5.81. The van der Waals surface area contributed by atoms with Crippen molar-refractivity contribution in [3.05, 3.63) is 42.0 Å². The van der Waals surface area contributed by atoms with Crippen molar-refractivity contribution < 1.29 is 0 Å². The Balaban J connectivity index is 2.86. The molecule has 0 bridgehead atoms. The Kier molecular flexibility index (Phi) is 7.39. The zero-order valence-corrected chi connectivity index (χ0v) is 14.0. The number of benzene rings is 1. The third kappa shape index (κ3) is 5.11. The van der Waals surface area contributed by atoms with E-state index in [2.05, 4.69) is 51.6 Å². The second-order valence-corrected chi connectivity index (χ2v) is 10.7. The summed E-state index contributed by atoms with van der Waals surface area (Å²) >= 11 is 0. The molecule has 0 aliphatic rings. The van der Waals surface area contributed by atoms with Crippen LogP contribution in [0.3, 0.4) is 0 Å². The summed E-state index contributed by atoms with van der Waals surface area (Å²) in [5, 5.41) is 0. The van der Waals surface area contributed by atoms with Gasteiger partial charge in [-0.05, 0) is 0 Å². The normalized spacial score (nSPS) is 12.4. The average molecular weight is 278 g/mol. The Bertz CT molecular complexity index is 347. The quantitative estimate of drug-likeness (QED) is 0.500. The van der Waals surface area contributed by atoms with Crippen LogP contribution in [0.5, 0.6) is 0 Å². The Labute approximate surface area is 120 Å². The molecule has 1 aromatic carbocycles. The summed E-state index contributed by atoms with van der Waals surface area (Å²) in [5.41, 5.74) is 2.78. The van der Waals surface area contributed by atoms with Gasteiger partial charge in [0, 0.05) is 0 Å². The summed E-state index contributed by atoms with van der Waals surface area (Å²) in [5.74, 6) is 0. The van der Waals surface area contributed by atoms with Crippen molar-refractivity contribution in [2.75, 3.05) is 18.5 Å². The van der Waals surface area contributed by atoms with Gasteiger partial charge in [-0.25, -0.2) is 0 Å². The molecule has 1 heteroatoms.